The van der Waals surface area contributed by atoms with Crippen molar-refractivity contribution in [3.8, 4) is 0 Å². The first-order chi connectivity index (χ1) is 8.66. The molecule has 0 aliphatic heterocycles. The summed E-state index contributed by atoms with van der Waals surface area (Å²) in [7, 11) is 0. The van der Waals surface area contributed by atoms with Crippen LogP contribution in [0.2, 0.25) is 0 Å². The molecule has 1 aliphatic rings. The van der Waals surface area contributed by atoms with Crippen LogP contribution in [0.5, 0.6) is 0 Å². The fourth-order valence-electron chi connectivity index (χ4n) is 2.62. The van der Waals surface area contributed by atoms with Crippen LogP contribution >= 0.6 is 0 Å². The van der Waals surface area contributed by atoms with Gasteiger partial charge in [0.15, 0.2) is 0 Å². The summed E-state index contributed by atoms with van der Waals surface area (Å²) in [4.78, 5) is 11.5. The molecule has 0 saturated heterocycles. The van der Waals surface area contributed by atoms with E-state index in [1.54, 1.807) is 0 Å². The van der Waals surface area contributed by atoms with Gasteiger partial charge in [-0.1, -0.05) is 26.7 Å². The second-order valence-corrected chi connectivity index (χ2v) is 5.70. The minimum atomic E-state index is 0.168. The second-order valence-electron chi connectivity index (χ2n) is 5.70. The lowest BCUT2D eigenvalue weighted by molar-refractivity contribution is -0.121. The molecule has 1 aromatic heterocycles. The number of hydrogen-bond acceptors (Lipinski definition) is 2. The zero-order chi connectivity index (χ0) is 13.0. The van der Waals surface area contributed by atoms with Gasteiger partial charge >= 0.3 is 0 Å². The van der Waals surface area contributed by atoms with Crippen LogP contribution in [0.3, 0.4) is 0 Å². The zero-order valence-corrected chi connectivity index (χ0v) is 11.6. The van der Waals surface area contributed by atoms with E-state index in [2.05, 4.69) is 22.0 Å². The number of carbonyl (C=O) groups is 1. The van der Waals surface area contributed by atoms with Gasteiger partial charge in [0.05, 0.1) is 11.7 Å². The molecular weight excluding hydrogens is 224 g/mol. The van der Waals surface area contributed by atoms with Gasteiger partial charge in [0.25, 0.3) is 0 Å². The van der Waals surface area contributed by atoms with E-state index in [0.29, 0.717) is 18.2 Å². The Balaban J connectivity index is 1.78. The van der Waals surface area contributed by atoms with Crippen LogP contribution in [0.1, 0.15) is 64.1 Å². The second kappa shape index (κ2) is 6.17. The Labute approximate surface area is 110 Å². The number of carbonyl (C=O) groups excluding carboxylic acids is 1. The van der Waals surface area contributed by atoms with Crippen LogP contribution < -0.4 is 0 Å². The highest BCUT2D eigenvalue weighted by Gasteiger charge is 2.17. The molecule has 0 atom stereocenters. The van der Waals surface area contributed by atoms with Crippen molar-refractivity contribution >= 4 is 5.78 Å². The summed E-state index contributed by atoms with van der Waals surface area (Å²) in [5, 5.41) is 4.64. The molecule has 0 unspecified atom stereocenters. The summed E-state index contributed by atoms with van der Waals surface area (Å²) < 4.78 is 2.13. The summed E-state index contributed by atoms with van der Waals surface area (Å²) in [5.74, 6) is 0.534. The van der Waals surface area contributed by atoms with E-state index in [0.717, 1.165) is 18.5 Å². The molecule has 0 N–H and O–H groups in total. The zero-order valence-electron chi connectivity index (χ0n) is 11.6. The fraction of sp³-hybridized carbons (Fsp3) is 0.733. The molecule has 0 bridgehead atoms. The molecule has 0 amide bonds. The smallest absolute Gasteiger partial charge is 0.135 e. The first-order valence-electron chi connectivity index (χ1n) is 7.23. The minimum absolute atomic E-state index is 0.168. The number of nitrogens with zero attached hydrogens (tertiary/aromatic N) is 2. The third-order valence-corrected chi connectivity index (χ3v) is 3.86. The largest absolute Gasteiger partial charge is 0.299 e. The highest BCUT2D eigenvalue weighted by molar-refractivity contribution is 5.80. The molecule has 1 heterocycles. The first-order valence-corrected chi connectivity index (χ1v) is 7.23. The number of hydrogen-bond donors (Lipinski definition) is 0. The van der Waals surface area contributed by atoms with Gasteiger partial charge in [0, 0.05) is 18.5 Å². The van der Waals surface area contributed by atoms with Crippen molar-refractivity contribution in [2.75, 3.05) is 0 Å². The molecule has 2 rings (SSSR count). The normalized spacial score (nSPS) is 16.6. The summed E-state index contributed by atoms with van der Waals surface area (Å²) in [5.41, 5.74) is 1.14. The molecule has 100 valence electrons. The van der Waals surface area contributed by atoms with Crippen molar-refractivity contribution in [2.24, 2.45) is 5.92 Å². The minimum Gasteiger partial charge on any atom is -0.299 e. The van der Waals surface area contributed by atoms with E-state index in [1.807, 2.05) is 13.8 Å². The number of rotatable bonds is 6. The number of aryl methyl sites for hydroxylation is 1. The maximum atomic E-state index is 11.5. The van der Waals surface area contributed by atoms with Crippen LogP contribution in [0.15, 0.2) is 12.3 Å². The van der Waals surface area contributed by atoms with Gasteiger partial charge in [-0.2, -0.15) is 5.10 Å². The maximum absolute atomic E-state index is 11.5. The summed E-state index contributed by atoms with van der Waals surface area (Å²) in [6, 6.07) is 2.73. The van der Waals surface area contributed by atoms with Gasteiger partial charge in [-0.05, 0) is 31.7 Å². The molecule has 1 saturated carbocycles. The monoisotopic (exact) mass is 248 g/mol. The lowest BCUT2D eigenvalue weighted by Gasteiger charge is -2.08. The number of Topliss-reactive ketones (excluding diaryl/α,β-unsaturated/α-hetero) is 1. The SMILES string of the molecule is CC(C)C(=O)CCCc1ccn(C2CCCC2)n1. The van der Waals surface area contributed by atoms with Crippen molar-refractivity contribution in [2.45, 2.75) is 64.8 Å². The highest BCUT2D eigenvalue weighted by atomic mass is 16.1. The van der Waals surface area contributed by atoms with Gasteiger partial charge in [-0.3, -0.25) is 9.48 Å². The fourth-order valence-corrected chi connectivity index (χ4v) is 2.62. The molecule has 3 nitrogen and oxygen atoms in total. The Morgan fingerprint density at radius 3 is 2.83 bits per heavy atom. The van der Waals surface area contributed by atoms with Gasteiger partial charge in [0.2, 0.25) is 0 Å². The van der Waals surface area contributed by atoms with Crippen LogP contribution in [0, 0.1) is 5.92 Å². The van der Waals surface area contributed by atoms with E-state index in [4.69, 9.17) is 0 Å². The molecule has 1 aromatic rings. The molecule has 0 radical (unpaired) electrons. The number of aromatic nitrogens is 2. The predicted molar refractivity (Wildman–Crippen MR) is 72.5 cm³/mol. The van der Waals surface area contributed by atoms with Crippen LogP contribution in [0.25, 0.3) is 0 Å². The van der Waals surface area contributed by atoms with E-state index in [1.165, 1.54) is 25.7 Å². The molecule has 0 aromatic carbocycles. The third kappa shape index (κ3) is 3.44. The Morgan fingerprint density at radius 2 is 2.17 bits per heavy atom. The Hall–Kier alpha value is -1.12. The van der Waals surface area contributed by atoms with E-state index in [9.17, 15) is 4.79 Å². The third-order valence-electron chi connectivity index (χ3n) is 3.86. The summed E-state index contributed by atoms with van der Waals surface area (Å²) in [6.45, 7) is 3.94. The Morgan fingerprint density at radius 1 is 1.44 bits per heavy atom. The topological polar surface area (TPSA) is 34.9 Å². The van der Waals surface area contributed by atoms with Crippen molar-refractivity contribution in [3.05, 3.63) is 18.0 Å². The first kappa shape index (κ1) is 13.3. The standard InChI is InChI=1S/C15H24N2O/c1-12(2)15(18)9-5-6-13-10-11-17(16-13)14-7-3-4-8-14/h10-12,14H,3-9H2,1-2H3. The van der Waals surface area contributed by atoms with Gasteiger partial charge in [0.1, 0.15) is 5.78 Å². The van der Waals surface area contributed by atoms with Crippen LogP contribution in [-0.2, 0) is 11.2 Å². The van der Waals surface area contributed by atoms with Crippen LogP contribution in [0.4, 0.5) is 0 Å². The maximum Gasteiger partial charge on any atom is 0.135 e. The van der Waals surface area contributed by atoms with E-state index < -0.39 is 0 Å². The molecular formula is C15H24N2O. The Kier molecular flexibility index (Phi) is 4.56. The van der Waals surface area contributed by atoms with Crippen molar-refractivity contribution < 1.29 is 4.79 Å². The average molecular weight is 248 g/mol. The highest BCUT2D eigenvalue weighted by Crippen LogP contribution is 2.28. The summed E-state index contributed by atoms with van der Waals surface area (Å²) >= 11 is 0. The lowest BCUT2D eigenvalue weighted by Crippen LogP contribution is -2.08. The van der Waals surface area contributed by atoms with Crippen molar-refractivity contribution in [3.63, 3.8) is 0 Å². The molecule has 1 aliphatic carbocycles. The molecule has 1 fully saturated rings. The molecule has 18 heavy (non-hydrogen) atoms. The molecule has 0 spiro atoms. The predicted octanol–water partition coefficient (Wildman–Crippen LogP) is 3.55. The van der Waals surface area contributed by atoms with Crippen molar-refractivity contribution in [1.82, 2.24) is 9.78 Å². The quantitative estimate of drug-likeness (QED) is 0.771. The van der Waals surface area contributed by atoms with Gasteiger partial charge < -0.3 is 0 Å². The summed E-state index contributed by atoms with van der Waals surface area (Å²) in [6.07, 6.45) is 9.87. The number of ketones is 1. The average Bonchev–Trinajstić information content (AvgIpc) is 2.98. The Bertz CT molecular complexity index is 389. The lowest BCUT2D eigenvalue weighted by atomic mass is 10.0. The van der Waals surface area contributed by atoms with Gasteiger partial charge in [-0.25, -0.2) is 0 Å². The van der Waals surface area contributed by atoms with Crippen molar-refractivity contribution in [1.29, 1.82) is 0 Å². The molecule has 3 heteroatoms. The van der Waals surface area contributed by atoms with Crippen LogP contribution in [-0.4, -0.2) is 15.6 Å². The van der Waals surface area contributed by atoms with E-state index in [-0.39, 0.29) is 5.92 Å². The van der Waals surface area contributed by atoms with Gasteiger partial charge in [-0.15, -0.1) is 0 Å². The van der Waals surface area contributed by atoms with E-state index >= 15 is 0 Å².